The smallest absolute Gasteiger partial charge is 0.255 e. The van der Waals surface area contributed by atoms with Crippen LogP contribution < -0.4 is 21.1 Å². The van der Waals surface area contributed by atoms with Gasteiger partial charge < -0.3 is 21.1 Å². The third kappa shape index (κ3) is 10.9. The zero-order valence-electron chi connectivity index (χ0n) is 15.5. The molecule has 1 unspecified atom stereocenters. The fraction of sp³-hybridized carbons (Fsp3) is 0.556. The number of nitrogens with zero attached hydrogens (tertiary/aromatic N) is 1. The van der Waals surface area contributed by atoms with Gasteiger partial charge in [-0.15, -0.1) is 24.0 Å². The minimum Gasteiger partial charge on any atom is -0.484 e. The summed E-state index contributed by atoms with van der Waals surface area (Å²) in [6, 6.07) is 7.91. The lowest BCUT2D eigenvalue weighted by Crippen LogP contribution is -2.41. The van der Waals surface area contributed by atoms with Crippen LogP contribution in [-0.2, 0) is 11.3 Å². The predicted molar refractivity (Wildman–Crippen MR) is 113 cm³/mol. The van der Waals surface area contributed by atoms with E-state index >= 15 is 0 Å². The number of amides is 1. The summed E-state index contributed by atoms with van der Waals surface area (Å²) >= 11 is 0. The number of hydrogen-bond acceptors (Lipinski definition) is 3. The van der Waals surface area contributed by atoms with Crippen molar-refractivity contribution in [1.82, 2.24) is 10.6 Å². The molecule has 25 heavy (non-hydrogen) atoms. The van der Waals surface area contributed by atoms with Gasteiger partial charge >= 0.3 is 0 Å². The van der Waals surface area contributed by atoms with Crippen LogP contribution in [0.1, 0.15) is 39.2 Å². The average Bonchev–Trinajstić information content (AvgIpc) is 2.55. The molecule has 0 spiro atoms. The minimum absolute atomic E-state index is 0. The number of nitrogens with one attached hydrogen (secondary N) is 2. The van der Waals surface area contributed by atoms with Gasteiger partial charge in [-0.25, -0.2) is 0 Å². The van der Waals surface area contributed by atoms with Gasteiger partial charge in [0.1, 0.15) is 5.75 Å². The van der Waals surface area contributed by atoms with Crippen molar-refractivity contribution in [1.29, 1.82) is 0 Å². The van der Waals surface area contributed by atoms with E-state index in [9.17, 15) is 4.79 Å². The van der Waals surface area contributed by atoms with E-state index in [0.717, 1.165) is 17.9 Å². The van der Waals surface area contributed by atoms with E-state index in [1.807, 2.05) is 18.2 Å². The molecule has 0 saturated carbocycles. The number of carbonyl (C=O) groups is 1. The number of hydrogen-bond donors (Lipinski definition) is 3. The molecule has 0 aliphatic carbocycles. The summed E-state index contributed by atoms with van der Waals surface area (Å²) < 4.78 is 5.31. The summed E-state index contributed by atoms with van der Waals surface area (Å²) in [6.45, 7) is 7.12. The number of aliphatic imine (C=N–C) groups is 1. The highest BCUT2D eigenvalue weighted by Gasteiger charge is 2.07. The van der Waals surface area contributed by atoms with Gasteiger partial charge in [-0.05, 0) is 43.4 Å². The Bertz CT molecular complexity index is 550. The van der Waals surface area contributed by atoms with E-state index in [2.05, 4.69) is 36.4 Å². The first kappa shape index (κ1) is 23.5. The van der Waals surface area contributed by atoms with Gasteiger partial charge in [0, 0.05) is 19.6 Å². The molecule has 1 atom stereocenters. The zero-order valence-corrected chi connectivity index (χ0v) is 17.9. The highest BCUT2D eigenvalue weighted by atomic mass is 127. The molecule has 1 aromatic carbocycles. The van der Waals surface area contributed by atoms with Crippen LogP contribution in [-0.4, -0.2) is 31.6 Å². The SMILES string of the molecule is CN=C(NCc1cccc(OCC(N)=O)c1)NC(C)CCC(C)C.I. The maximum absolute atomic E-state index is 10.8. The van der Waals surface area contributed by atoms with Crippen molar-refractivity contribution in [3.05, 3.63) is 29.8 Å². The van der Waals surface area contributed by atoms with Gasteiger partial charge in [-0.3, -0.25) is 9.79 Å². The molecule has 142 valence electrons. The number of rotatable bonds is 9. The second-order valence-corrected chi connectivity index (χ2v) is 6.34. The lowest BCUT2D eigenvalue weighted by atomic mass is 10.0. The Kier molecular flexibility index (Phi) is 12.0. The van der Waals surface area contributed by atoms with E-state index in [1.165, 1.54) is 6.42 Å². The molecule has 4 N–H and O–H groups in total. The van der Waals surface area contributed by atoms with E-state index in [-0.39, 0.29) is 30.6 Å². The summed E-state index contributed by atoms with van der Waals surface area (Å²) in [7, 11) is 1.76. The van der Waals surface area contributed by atoms with Crippen LogP contribution in [0.5, 0.6) is 5.75 Å². The number of nitrogens with two attached hydrogens (primary N) is 1. The highest BCUT2D eigenvalue weighted by Crippen LogP contribution is 2.13. The number of halogens is 1. The molecule has 0 saturated heterocycles. The first-order chi connectivity index (χ1) is 11.4. The molecule has 0 aliphatic heterocycles. The first-order valence-electron chi connectivity index (χ1n) is 8.38. The van der Waals surface area contributed by atoms with Crippen molar-refractivity contribution >= 4 is 35.8 Å². The summed E-state index contributed by atoms with van der Waals surface area (Å²) in [6.07, 6.45) is 2.29. The molecular weight excluding hydrogens is 431 g/mol. The summed E-state index contributed by atoms with van der Waals surface area (Å²) in [4.78, 5) is 15.0. The minimum atomic E-state index is -0.487. The van der Waals surface area contributed by atoms with Gasteiger partial charge in [0.15, 0.2) is 12.6 Å². The molecule has 6 nitrogen and oxygen atoms in total. The third-order valence-electron chi connectivity index (χ3n) is 3.52. The average molecular weight is 462 g/mol. The Morgan fingerprint density at radius 2 is 2.00 bits per heavy atom. The Morgan fingerprint density at radius 3 is 2.60 bits per heavy atom. The van der Waals surface area contributed by atoms with Crippen molar-refractivity contribution in [2.24, 2.45) is 16.6 Å². The Labute approximate surface area is 168 Å². The molecule has 7 heteroatoms. The molecular formula is C18H31IN4O2. The monoisotopic (exact) mass is 462 g/mol. The normalized spacial score (nSPS) is 12.3. The van der Waals surface area contributed by atoms with Crippen LogP contribution in [0.2, 0.25) is 0 Å². The van der Waals surface area contributed by atoms with Crippen molar-refractivity contribution in [3.8, 4) is 5.75 Å². The van der Waals surface area contributed by atoms with Crippen molar-refractivity contribution in [3.63, 3.8) is 0 Å². The quantitative estimate of drug-likeness (QED) is 0.299. The summed E-state index contributed by atoms with van der Waals surface area (Å²) in [5.74, 6) is 1.61. The van der Waals surface area contributed by atoms with Gasteiger partial charge in [-0.2, -0.15) is 0 Å². The molecule has 0 bridgehead atoms. The van der Waals surface area contributed by atoms with Crippen molar-refractivity contribution in [2.45, 2.75) is 46.2 Å². The molecule has 0 radical (unpaired) electrons. The van der Waals surface area contributed by atoms with E-state index in [0.29, 0.717) is 24.3 Å². The number of benzene rings is 1. The second kappa shape index (κ2) is 12.8. The number of carbonyl (C=O) groups excluding carboxylic acids is 1. The topological polar surface area (TPSA) is 88.7 Å². The first-order valence-corrected chi connectivity index (χ1v) is 8.38. The largest absolute Gasteiger partial charge is 0.484 e. The van der Waals surface area contributed by atoms with E-state index < -0.39 is 5.91 Å². The van der Waals surface area contributed by atoms with Gasteiger partial charge in [0.25, 0.3) is 5.91 Å². The van der Waals surface area contributed by atoms with Crippen LogP contribution >= 0.6 is 24.0 Å². The lowest BCUT2D eigenvalue weighted by molar-refractivity contribution is -0.119. The van der Waals surface area contributed by atoms with Crippen LogP contribution in [0.4, 0.5) is 0 Å². The van der Waals surface area contributed by atoms with Gasteiger partial charge in [0.05, 0.1) is 0 Å². The van der Waals surface area contributed by atoms with Crippen molar-refractivity contribution in [2.75, 3.05) is 13.7 Å². The van der Waals surface area contributed by atoms with Gasteiger partial charge in [0.2, 0.25) is 0 Å². The molecule has 1 rings (SSSR count). The second-order valence-electron chi connectivity index (χ2n) is 6.34. The van der Waals surface area contributed by atoms with Crippen LogP contribution in [0.15, 0.2) is 29.3 Å². The van der Waals surface area contributed by atoms with E-state index in [1.54, 1.807) is 13.1 Å². The maximum Gasteiger partial charge on any atom is 0.255 e. The standard InChI is InChI=1S/C18H30N4O2.HI/c1-13(2)8-9-14(3)22-18(20-4)21-11-15-6-5-7-16(10-15)24-12-17(19)23;/h5-7,10,13-14H,8-9,11-12H2,1-4H3,(H2,19,23)(H2,20,21,22);1H. The molecule has 0 aromatic heterocycles. The zero-order chi connectivity index (χ0) is 17.9. The maximum atomic E-state index is 10.8. The van der Waals surface area contributed by atoms with E-state index in [4.69, 9.17) is 10.5 Å². The van der Waals surface area contributed by atoms with Crippen LogP contribution in [0, 0.1) is 5.92 Å². The van der Waals surface area contributed by atoms with Crippen LogP contribution in [0.3, 0.4) is 0 Å². The number of ether oxygens (including phenoxy) is 1. The fourth-order valence-electron chi connectivity index (χ4n) is 2.17. The lowest BCUT2D eigenvalue weighted by Gasteiger charge is -2.19. The third-order valence-corrected chi connectivity index (χ3v) is 3.52. The molecule has 0 heterocycles. The Balaban J connectivity index is 0.00000576. The van der Waals surface area contributed by atoms with Gasteiger partial charge in [-0.1, -0.05) is 26.0 Å². The molecule has 1 amide bonds. The summed E-state index contributed by atoms with van der Waals surface area (Å²) in [5.41, 5.74) is 6.12. The Morgan fingerprint density at radius 1 is 1.28 bits per heavy atom. The molecule has 1 aromatic rings. The highest BCUT2D eigenvalue weighted by molar-refractivity contribution is 14.0. The molecule has 0 fully saturated rings. The fourth-order valence-corrected chi connectivity index (χ4v) is 2.17. The molecule has 0 aliphatic rings. The number of primary amides is 1. The van der Waals surface area contributed by atoms with Crippen LogP contribution in [0.25, 0.3) is 0 Å². The van der Waals surface area contributed by atoms with Crippen molar-refractivity contribution < 1.29 is 9.53 Å². The predicted octanol–water partition coefficient (Wildman–Crippen LogP) is 2.66. The Hall–Kier alpha value is -1.51. The number of guanidine groups is 1. The summed E-state index contributed by atoms with van der Waals surface area (Å²) in [5, 5.41) is 6.68.